The van der Waals surface area contributed by atoms with Crippen LogP contribution >= 0.6 is 0 Å². The Balaban J connectivity index is 2.26. The summed E-state index contributed by atoms with van der Waals surface area (Å²) in [5.74, 6) is -0.554. The first-order valence-corrected chi connectivity index (χ1v) is 8.29. The van der Waals surface area contributed by atoms with E-state index in [0.29, 0.717) is 5.56 Å². The number of H-pyrrole nitrogens is 1. The highest BCUT2D eigenvalue weighted by Crippen LogP contribution is 2.32. The van der Waals surface area contributed by atoms with Crippen LogP contribution in [0.5, 0.6) is 0 Å². The van der Waals surface area contributed by atoms with Crippen LogP contribution in [0, 0.1) is 6.92 Å². The molecule has 1 aromatic heterocycles. The molecule has 126 valence electrons. The molecule has 23 heavy (non-hydrogen) atoms. The van der Waals surface area contributed by atoms with Crippen molar-refractivity contribution in [1.82, 2.24) is 9.55 Å². The minimum atomic E-state index is -4.18. The highest BCUT2D eigenvalue weighted by Gasteiger charge is 2.36. The first-order valence-electron chi connectivity index (χ1n) is 6.68. The van der Waals surface area contributed by atoms with Gasteiger partial charge in [0.1, 0.15) is 6.23 Å². The molecule has 1 aromatic rings. The van der Waals surface area contributed by atoms with Gasteiger partial charge >= 0.3 is 5.69 Å². The molecule has 12 heteroatoms. The first kappa shape index (κ1) is 17.2. The Morgan fingerprint density at radius 1 is 1.57 bits per heavy atom. The van der Waals surface area contributed by atoms with Gasteiger partial charge in [-0.1, -0.05) is 5.11 Å². The molecule has 0 aliphatic carbocycles. The molecule has 1 fully saturated rings. The molecule has 0 saturated carbocycles. The van der Waals surface area contributed by atoms with Crippen LogP contribution in [0.15, 0.2) is 20.9 Å². The number of rotatable bonds is 5. The van der Waals surface area contributed by atoms with Crippen LogP contribution in [0.4, 0.5) is 0 Å². The van der Waals surface area contributed by atoms with Crippen molar-refractivity contribution < 1.29 is 17.7 Å². The number of aryl methyl sites for hydroxylation is 1. The predicted octanol–water partition coefficient (Wildman–Crippen LogP) is 0.0893. The van der Waals surface area contributed by atoms with Gasteiger partial charge in [0.05, 0.1) is 17.9 Å². The average molecular weight is 345 g/mol. The third-order valence-corrected chi connectivity index (χ3v) is 4.27. The van der Waals surface area contributed by atoms with Crippen LogP contribution in [0.1, 0.15) is 24.6 Å². The fraction of sp³-hybridized carbons (Fsp3) is 0.636. The normalized spacial score (nSPS) is 24.3. The fourth-order valence-electron chi connectivity index (χ4n) is 2.40. The summed E-state index contributed by atoms with van der Waals surface area (Å²) in [7, 11) is -4.18. The maximum Gasteiger partial charge on any atom is 0.330 e. The van der Waals surface area contributed by atoms with Crippen molar-refractivity contribution in [2.24, 2.45) is 5.11 Å². The molecule has 0 unspecified atom stereocenters. The van der Waals surface area contributed by atoms with Crippen molar-refractivity contribution in [1.29, 1.82) is 0 Å². The fourth-order valence-corrected chi connectivity index (χ4v) is 2.93. The number of hydrogen-bond donors (Lipinski definition) is 2. The summed E-state index contributed by atoms with van der Waals surface area (Å²) in [6.07, 6.45) is -0.192. The van der Waals surface area contributed by atoms with E-state index in [1.165, 1.54) is 13.1 Å². The second kappa shape index (κ2) is 6.54. The Morgan fingerprint density at radius 3 is 2.87 bits per heavy atom. The third-order valence-electron chi connectivity index (χ3n) is 3.52. The van der Waals surface area contributed by atoms with Crippen molar-refractivity contribution in [2.75, 3.05) is 5.75 Å². The standard InChI is InChI=1S/C11H15N5O6S/c1-6-5-16(11(18)13-10(6)17)9-4-7(14-15-12)8(22-9)2-3-23(19,20)21/h5,7-9H,2-4H2,1H3,(H,13,17,18)(H,19,20,21)/t7-,8+,9+/m0/s1. The topological polar surface area (TPSA) is 167 Å². The van der Waals surface area contributed by atoms with Gasteiger partial charge in [0, 0.05) is 23.1 Å². The van der Waals surface area contributed by atoms with E-state index in [4.69, 9.17) is 14.8 Å². The van der Waals surface area contributed by atoms with Gasteiger partial charge in [0.15, 0.2) is 0 Å². The van der Waals surface area contributed by atoms with E-state index in [-0.39, 0.29) is 12.8 Å². The molecule has 2 rings (SSSR count). The minimum absolute atomic E-state index is 0.0872. The molecule has 0 bridgehead atoms. The predicted molar refractivity (Wildman–Crippen MR) is 78.6 cm³/mol. The molecule has 0 spiro atoms. The maximum absolute atomic E-state index is 11.9. The van der Waals surface area contributed by atoms with E-state index in [0.717, 1.165) is 4.57 Å². The molecule has 2 heterocycles. The van der Waals surface area contributed by atoms with Crippen molar-refractivity contribution >= 4 is 10.1 Å². The maximum atomic E-state index is 11.9. The van der Waals surface area contributed by atoms with Crippen molar-refractivity contribution in [3.05, 3.63) is 43.0 Å². The van der Waals surface area contributed by atoms with Gasteiger partial charge in [0.2, 0.25) is 0 Å². The Hall–Kier alpha value is -2.14. The van der Waals surface area contributed by atoms with Gasteiger partial charge in [-0.2, -0.15) is 8.42 Å². The number of nitrogens with one attached hydrogen (secondary N) is 1. The zero-order valence-corrected chi connectivity index (χ0v) is 12.9. The highest BCUT2D eigenvalue weighted by atomic mass is 32.2. The molecule has 0 radical (unpaired) electrons. The first-order chi connectivity index (χ1) is 10.7. The molecule has 0 aromatic carbocycles. The average Bonchev–Trinajstić information content (AvgIpc) is 2.83. The van der Waals surface area contributed by atoms with Crippen LogP contribution in [0.25, 0.3) is 10.4 Å². The van der Waals surface area contributed by atoms with Gasteiger partial charge in [-0.15, -0.1) is 0 Å². The Bertz CT molecular complexity index is 852. The Kier molecular flexibility index (Phi) is 4.90. The summed E-state index contributed by atoms with van der Waals surface area (Å²) < 4.78 is 37.2. The van der Waals surface area contributed by atoms with Gasteiger partial charge in [-0.25, -0.2) is 4.79 Å². The molecule has 1 aliphatic heterocycles. The number of azide groups is 1. The van der Waals surface area contributed by atoms with Crippen LogP contribution < -0.4 is 11.2 Å². The van der Waals surface area contributed by atoms with Crippen LogP contribution in [-0.2, 0) is 14.9 Å². The number of ether oxygens (including phenoxy) is 1. The molecule has 1 saturated heterocycles. The van der Waals surface area contributed by atoms with Crippen LogP contribution in [-0.4, -0.2) is 40.4 Å². The summed E-state index contributed by atoms with van der Waals surface area (Å²) in [6.45, 7) is 1.52. The Labute approximate surface area is 130 Å². The Morgan fingerprint density at radius 2 is 2.26 bits per heavy atom. The minimum Gasteiger partial charge on any atom is -0.354 e. The van der Waals surface area contributed by atoms with E-state index in [9.17, 15) is 18.0 Å². The monoisotopic (exact) mass is 345 g/mol. The number of aromatic amines is 1. The lowest BCUT2D eigenvalue weighted by Crippen LogP contribution is -2.33. The summed E-state index contributed by atoms with van der Waals surface area (Å²) in [5, 5.41) is 3.54. The van der Waals surface area contributed by atoms with Crippen molar-refractivity contribution in [2.45, 2.75) is 38.1 Å². The van der Waals surface area contributed by atoms with E-state index >= 15 is 0 Å². The lowest BCUT2D eigenvalue weighted by Gasteiger charge is -2.16. The molecule has 3 atom stereocenters. The molecular weight excluding hydrogens is 330 g/mol. The SMILES string of the molecule is Cc1cn([C@H]2C[C@H](N=[N+]=[N-])[C@@H](CCS(=O)(=O)O)O2)c(=O)[nH]c1=O. The molecule has 0 amide bonds. The largest absolute Gasteiger partial charge is 0.354 e. The quantitative estimate of drug-likeness (QED) is 0.332. The zero-order chi connectivity index (χ0) is 17.2. The molecule has 2 N–H and O–H groups in total. The van der Waals surface area contributed by atoms with Crippen LogP contribution in [0.3, 0.4) is 0 Å². The van der Waals surface area contributed by atoms with E-state index < -0.39 is 45.5 Å². The number of nitrogens with zero attached hydrogens (tertiary/aromatic N) is 4. The van der Waals surface area contributed by atoms with Crippen molar-refractivity contribution in [3.8, 4) is 0 Å². The van der Waals surface area contributed by atoms with Gasteiger partial charge < -0.3 is 4.74 Å². The highest BCUT2D eigenvalue weighted by molar-refractivity contribution is 7.85. The smallest absolute Gasteiger partial charge is 0.330 e. The lowest BCUT2D eigenvalue weighted by molar-refractivity contribution is -0.00397. The molecule has 1 aliphatic rings. The summed E-state index contributed by atoms with van der Waals surface area (Å²) in [6, 6.07) is -0.689. The van der Waals surface area contributed by atoms with Gasteiger partial charge in [0.25, 0.3) is 15.7 Å². The van der Waals surface area contributed by atoms with Crippen LogP contribution in [0.2, 0.25) is 0 Å². The summed E-state index contributed by atoms with van der Waals surface area (Å²) in [4.78, 5) is 28.1. The van der Waals surface area contributed by atoms with Crippen molar-refractivity contribution in [3.63, 3.8) is 0 Å². The second-order valence-electron chi connectivity index (χ2n) is 5.19. The number of hydrogen-bond acceptors (Lipinski definition) is 6. The zero-order valence-electron chi connectivity index (χ0n) is 12.1. The van der Waals surface area contributed by atoms with Gasteiger partial charge in [-0.3, -0.25) is 18.9 Å². The third kappa shape index (κ3) is 4.20. The number of aromatic nitrogens is 2. The van der Waals surface area contributed by atoms with E-state index in [1.54, 1.807) is 0 Å². The second-order valence-corrected chi connectivity index (χ2v) is 6.76. The molecule has 11 nitrogen and oxygen atoms in total. The van der Waals surface area contributed by atoms with E-state index in [1.807, 2.05) is 0 Å². The van der Waals surface area contributed by atoms with Gasteiger partial charge in [-0.05, 0) is 18.9 Å². The molecular formula is C11H15N5O6S. The van der Waals surface area contributed by atoms with E-state index in [2.05, 4.69) is 15.0 Å². The summed E-state index contributed by atoms with van der Waals surface area (Å²) in [5.41, 5.74) is 7.69. The lowest BCUT2D eigenvalue weighted by atomic mass is 10.1. The summed E-state index contributed by atoms with van der Waals surface area (Å²) >= 11 is 0.